The molecule has 0 bridgehead atoms. The van der Waals surface area contributed by atoms with Gasteiger partial charge in [-0.15, -0.1) is 0 Å². The van der Waals surface area contributed by atoms with Gasteiger partial charge in [-0.2, -0.15) is 22.7 Å². The van der Waals surface area contributed by atoms with Gasteiger partial charge in [-0.25, -0.2) is 19.6 Å². The molecule has 0 fully saturated rings. The Kier molecular flexibility index (Phi) is 5.23. The monoisotopic (exact) mass is 442 g/mol. The van der Waals surface area contributed by atoms with Crippen LogP contribution in [0.4, 0.5) is 17.6 Å². The summed E-state index contributed by atoms with van der Waals surface area (Å²) in [4.78, 5) is 17.1. The molecule has 0 atom stereocenters. The maximum Gasteiger partial charge on any atom is 0.435 e. The van der Waals surface area contributed by atoms with Crippen LogP contribution in [0.2, 0.25) is 0 Å². The molecule has 0 unspecified atom stereocenters. The van der Waals surface area contributed by atoms with Gasteiger partial charge in [0.05, 0.1) is 22.8 Å². The van der Waals surface area contributed by atoms with E-state index in [1.165, 1.54) is 12.3 Å². The third-order valence-electron chi connectivity index (χ3n) is 4.95. The molecule has 0 amide bonds. The van der Waals surface area contributed by atoms with Gasteiger partial charge in [0.15, 0.2) is 11.5 Å². The van der Waals surface area contributed by atoms with E-state index in [9.17, 15) is 17.6 Å². The lowest BCUT2D eigenvalue weighted by atomic mass is 9.84. The minimum Gasteiger partial charge on any atom is -0.250 e. The Hall–Kier alpha value is -3.69. The summed E-state index contributed by atoms with van der Waals surface area (Å²) < 4.78 is 53.5. The largest absolute Gasteiger partial charge is 0.435 e. The molecule has 4 aromatic rings. The number of aromatic nitrogens is 6. The highest BCUT2D eigenvalue weighted by Gasteiger charge is 2.34. The lowest BCUT2D eigenvalue weighted by Gasteiger charge is -2.24. The van der Waals surface area contributed by atoms with Crippen LogP contribution in [-0.2, 0) is 11.6 Å². The van der Waals surface area contributed by atoms with E-state index in [2.05, 4.69) is 25.0 Å². The second kappa shape index (κ2) is 7.77. The first kappa shape index (κ1) is 21.5. The standard InChI is InChI=1S/C22H18F4N6/c1-13-27-15(12-19(23)28-13)14-6-4-7-16(29-14)21(2,3)17-8-5-9-20(30-17)32-11-10-18(31-32)22(24,25)26/h4-12H,1-3H3. The number of hydrogen-bond acceptors (Lipinski definition) is 5. The van der Waals surface area contributed by atoms with E-state index in [0.29, 0.717) is 28.6 Å². The molecular weight excluding hydrogens is 424 g/mol. The number of nitrogens with zero attached hydrogens (tertiary/aromatic N) is 6. The third-order valence-corrected chi connectivity index (χ3v) is 4.95. The summed E-state index contributed by atoms with van der Waals surface area (Å²) in [6.45, 7) is 5.37. The van der Waals surface area contributed by atoms with Crippen LogP contribution in [0.5, 0.6) is 0 Å². The molecule has 10 heteroatoms. The average molecular weight is 442 g/mol. The Morgan fingerprint density at radius 3 is 2.12 bits per heavy atom. The van der Waals surface area contributed by atoms with E-state index in [1.807, 2.05) is 13.8 Å². The minimum absolute atomic E-state index is 0.246. The maximum absolute atomic E-state index is 13.7. The zero-order valence-electron chi connectivity index (χ0n) is 17.4. The van der Waals surface area contributed by atoms with E-state index in [-0.39, 0.29) is 5.82 Å². The molecule has 4 aromatic heterocycles. The lowest BCUT2D eigenvalue weighted by Crippen LogP contribution is -2.23. The smallest absolute Gasteiger partial charge is 0.250 e. The predicted octanol–water partition coefficient (Wildman–Crippen LogP) is 4.91. The van der Waals surface area contributed by atoms with Crippen LogP contribution in [0.3, 0.4) is 0 Å². The van der Waals surface area contributed by atoms with Crippen molar-refractivity contribution in [1.82, 2.24) is 29.7 Å². The van der Waals surface area contributed by atoms with Gasteiger partial charge in [0.2, 0.25) is 5.95 Å². The molecule has 6 nitrogen and oxygen atoms in total. The number of aryl methyl sites for hydroxylation is 1. The van der Waals surface area contributed by atoms with Gasteiger partial charge in [0.25, 0.3) is 0 Å². The minimum atomic E-state index is -4.54. The van der Waals surface area contributed by atoms with Crippen LogP contribution < -0.4 is 0 Å². The van der Waals surface area contributed by atoms with Gasteiger partial charge in [0, 0.05) is 17.7 Å². The first-order valence-electron chi connectivity index (χ1n) is 9.64. The van der Waals surface area contributed by atoms with Gasteiger partial charge in [-0.1, -0.05) is 12.1 Å². The topological polar surface area (TPSA) is 69.4 Å². The summed E-state index contributed by atoms with van der Waals surface area (Å²) in [6.07, 6.45) is -3.32. The first-order chi connectivity index (χ1) is 15.0. The van der Waals surface area contributed by atoms with Crippen molar-refractivity contribution in [2.45, 2.75) is 32.4 Å². The highest BCUT2D eigenvalue weighted by Crippen LogP contribution is 2.31. The Labute approximate surface area is 181 Å². The van der Waals surface area contributed by atoms with Crippen molar-refractivity contribution in [1.29, 1.82) is 0 Å². The van der Waals surface area contributed by atoms with E-state index in [0.717, 1.165) is 10.7 Å². The van der Waals surface area contributed by atoms with Crippen molar-refractivity contribution in [2.75, 3.05) is 0 Å². The Morgan fingerprint density at radius 2 is 1.47 bits per heavy atom. The molecule has 0 aliphatic rings. The Morgan fingerprint density at radius 1 is 0.781 bits per heavy atom. The fourth-order valence-corrected chi connectivity index (χ4v) is 3.22. The van der Waals surface area contributed by atoms with Gasteiger partial charge >= 0.3 is 6.18 Å². The van der Waals surface area contributed by atoms with Crippen LogP contribution in [0.1, 0.15) is 36.8 Å². The van der Waals surface area contributed by atoms with Gasteiger partial charge < -0.3 is 0 Å². The molecule has 0 saturated carbocycles. The summed E-state index contributed by atoms with van der Waals surface area (Å²) in [7, 11) is 0. The van der Waals surface area contributed by atoms with E-state index in [1.54, 1.807) is 43.3 Å². The second-order valence-electron chi connectivity index (χ2n) is 7.68. The molecule has 32 heavy (non-hydrogen) atoms. The number of rotatable bonds is 4. The summed E-state index contributed by atoms with van der Waals surface area (Å²) >= 11 is 0. The maximum atomic E-state index is 13.7. The van der Waals surface area contributed by atoms with Crippen LogP contribution in [0.25, 0.3) is 17.2 Å². The molecular formula is C22H18F4N6. The van der Waals surface area contributed by atoms with Crippen LogP contribution in [-0.4, -0.2) is 29.7 Å². The van der Waals surface area contributed by atoms with Crippen LogP contribution >= 0.6 is 0 Å². The fraction of sp³-hybridized carbons (Fsp3) is 0.227. The lowest BCUT2D eigenvalue weighted by molar-refractivity contribution is -0.141. The Balaban J connectivity index is 1.71. The number of pyridine rings is 2. The van der Waals surface area contributed by atoms with Crippen molar-refractivity contribution in [3.63, 3.8) is 0 Å². The van der Waals surface area contributed by atoms with Crippen molar-refractivity contribution < 1.29 is 17.6 Å². The molecule has 4 heterocycles. The molecule has 164 valence electrons. The molecule has 4 rings (SSSR count). The zero-order valence-corrected chi connectivity index (χ0v) is 17.4. The van der Waals surface area contributed by atoms with Crippen molar-refractivity contribution in [3.8, 4) is 17.2 Å². The normalized spacial score (nSPS) is 12.2. The Bertz CT molecular complexity index is 1260. The van der Waals surface area contributed by atoms with Gasteiger partial charge in [-0.3, -0.25) is 4.98 Å². The molecule has 0 spiro atoms. The van der Waals surface area contributed by atoms with Gasteiger partial charge in [0.1, 0.15) is 5.82 Å². The summed E-state index contributed by atoms with van der Waals surface area (Å²) in [5, 5.41) is 3.58. The van der Waals surface area contributed by atoms with Gasteiger partial charge in [-0.05, 0) is 51.1 Å². The van der Waals surface area contributed by atoms with Crippen molar-refractivity contribution in [3.05, 3.63) is 83.6 Å². The SMILES string of the molecule is Cc1nc(F)cc(-c2cccc(C(C)(C)c3cccc(-n4ccc(C(F)(F)F)n4)n3)n2)n1. The highest BCUT2D eigenvalue weighted by atomic mass is 19.4. The first-order valence-corrected chi connectivity index (χ1v) is 9.64. The third kappa shape index (κ3) is 4.20. The molecule has 0 aromatic carbocycles. The molecule has 0 saturated heterocycles. The highest BCUT2D eigenvalue weighted by molar-refractivity contribution is 5.54. The number of hydrogen-bond donors (Lipinski definition) is 0. The average Bonchev–Trinajstić information content (AvgIpc) is 3.24. The summed E-state index contributed by atoms with van der Waals surface area (Å²) in [5.41, 5.74) is 0.322. The predicted molar refractivity (Wildman–Crippen MR) is 108 cm³/mol. The quantitative estimate of drug-likeness (QED) is 0.332. The fourth-order valence-electron chi connectivity index (χ4n) is 3.22. The molecule has 0 N–H and O–H groups in total. The number of halogens is 4. The van der Waals surface area contributed by atoms with Crippen LogP contribution in [0, 0.1) is 12.9 Å². The second-order valence-corrected chi connectivity index (χ2v) is 7.68. The zero-order chi connectivity index (χ0) is 23.1. The summed E-state index contributed by atoms with van der Waals surface area (Å²) in [5.74, 6) is -0.111. The number of alkyl halides is 3. The summed E-state index contributed by atoms with van der Waals surface area (Å²) in [6, 6.07) is 12.4. The van der Waals surface area contributed by atoms with E-state index < -0.39 is 23.2 Å². The molecule has 0 radical (unpaired) electrons. The van der Waals surface area contributed by atoms with E-state index >= 15 is 0 Å². The van der Waals surface area contributed by atoms with Crippen molar-refractivity contribution >= 4 is 0 Å². The van der Waals surface area contributed by atoms with E-state index in [4.69, 9.17) is 0 Å². The van der Waals surface area contributed by atoms with Crippen molar-refractivity contribution in [2.24, 2.45) is 0 Å². The van der Waals surface area contributed by atoms with Crippen LogP contribution in [0.15, 0.2) is 54.7 Å². The molecule has 0 aliphatic carbocycles. The molecule has 0 aliphatic heterocycles.